The highest BCUT2D eigenvalue weighted by molar-refractivity contribution is 7.92. The van der Waals surface area contributed by atoms with Crippen LogP contribution in [0.5, 0.6) is 11.5 Å². The number of carbonyl (C=O) groups is 2. The van der Waals surface area contributed by atoms with E-state index in [-0.39, 0.29) is 18.5 Å². The van der Waals surface area contributed by atoms with Crippen LogP contribution < -0.4 is 19.1 Å². The Hall–Kier alpha value is -4.05. The molecule has 0 fully saturated rings. The number of carbonyl (C=O) groups excluding carboxylic acids is 2. The van der Waals surface area contributed by atoms with Crippen LogP contribution in [0.25, 0.3) is 0 Å². The third kappa shape index (κ3) is 9.24. The van der Waals surface area contributed by atoms with Gasteiger partial charge in [0.05, 0.1) is 19.1 Å². The van der Waals surface area contributed by atoms with E-state index in [2.05, 4.69) is 5.32 Å². The maximum Gasteiger partial charge on any atom is 0.244 e. The van der Waals surface area contributed by atoms with Gasteiger partial charge in [-0.3, -0.25) is 13.9 Å². The number of sulfonamides is 1. The van der Waals surface area contributed by atoms with Gasteiger partial charge >= 0.3 is 0 Å². The van der Waals surface area contributed by atoms with Crippen molar-refractivity contribution in [3.8, 4) is 11.5 Å². The zero-order valence-electron chi connectivity index (χ0n) is 24.2. The molecule has 0 aromatic heterocycles. The molecule has 3 aromatic carbocycles. The topological polar surface area (TPSA) is 105 Å². The van der Waals surface area contributed by atoms with Crippen molar-refractivity contribution < 1.29 is 27.5 Å². The lowest BCUT2D eigenvalue weighted by molar-refractivity contribution is -0.139. The summed E-state index contributed by atoms with van der Waals surface area (Å²) >= 11 is 0. The third-order valence-corrected chi connectivity index (χ3v) is 7.85. The van der Waals surface area contributed by atoms with Gasteiger partial charge in [0.15, 0.2) is 0 Å². The minimum Gasteiger partial charge on any atom is -0.497 e. The fourth-order valence-corrected chi connectivity index (χ4v) is 4.93. The van der Waals surface area contributed by atoms with Crippen molar-refractivity contribution in [1.82, 2.24) is 10.2 Å². The molecule has 0 heterocycles. The van der Waals surface area contributed by atoms with Gasteiger partial charge in [-0.15, -0.1) is 0 Å². The summed E-state index contributed by atoms with van der Waals surface area (Å²) in [6.45, 7) is 5.46. The first kappa shape index (κ1) is 31.5. The van der Waals surface area contributed by atoms with Crippen LogP contribution in [0, 0.1) is 0 Å². The summed E-state index contributed by atoms with van der Waals surface area (Å²) < 4.78 is 37.9. The predicted octanol–water partition coefficient (Wildman–Crippen LogP) is 4.37. The van der Waals surface area contributed by atoms with Gasteiger partial charge in [-0.1, -0.05) is 49.4 Å². The molecule has 0 spiro atoms. The van der Waals surface area contributed by atoms with Gasteiger partial charge < -0.3 is 19.7 Å². The predicted molar refractivity (Wildman–Crippen MR) is 160 cm³/mol. The lowest BCUT2D eigenvalue weighted by Gasteiger charge is -2.32. The fraction of sp³-hybridized carbons (Fsp3) is 0.355. The highest BCUT2D eigenvalue weighted by Gasteiger charge is 2.30. The van der Waals surface area contributed by atoms with Crippen molar-refractivity contribution in [2.75, 3.05) is 24.2 Å². The molecule has 0 aliphatic carbocycles. The van der Waals surface area contributed by atoms with Gasteiger partial charge in [-0.2, -0.15) is 0 Å². The highest BCUT2D eigenvalue weighted by Crippen LogP contribution is 2.23. The molecule has 1 N–H and O–H groups in total. The van der Waals surface area contributed by atoms with Crippen LogP contribution >= 0.6 is 0 Å². The van der Waals surface area contributed by atoms with Gasteiger partial charge in [0.2, 0.25) is 21.8 Å². The van der Waals surface area contributed by atoms with Crippen molar-refractivity contribution in [1.29, 1.82) is 0 Å². The number of rotatable bonds is 14. The Morgan fingerprint density at radius 1 is 0.902 bits per heavy atom. The van der Waals surface area contributed by atoms with Crippen LogP contribution in [-0.2, 0) is 32.8 Å². The summed E-state index contributed by atoms with van der Waals surface area (Å²) in [7, 11) is -2.29. The Morgan fingerprint density at radius 2 is 1.56 bits per heavy atom. The molecule has 0 aliphatic heterocycles. The molecule has 2 atom stereocenters. The molecule has 0 saturated heterocycles. The standard InChI is InChI=1S/C31H39N3O6S/c1-6-23(2)32-31(36)24(3)33(20-26-13-10-14-29(19-26)39-4)30(35)21-34(41(5,37)38)27-15-17-28(18-16-27)40-22-25-11-8-7-9-12-25/h7-19,23-24H,6,20-22H2,1-5H3,(H,32,36)/t23-,24-/m1/s1. The van der Waals surface area contributed by atoms with Gasteiger partial charge in [0.25, 0.3) is 0 Å². The first-order chi connectivity index (χ1) is 19.5. The van der Waals surface area contributed by atoms with E-state index in [4.69, 9.17) is 9.47 Å². The molecule has 0 aliphatic rings. The number of methoxy groups -OCH3 is 1. The first-order valence-electron chi connectivity index (χ1n) is 13.5. The minimum absolute atomic E-state index is 0.0751. The number of hydrogen-bond acceptors (Lipinski definition) is 6. The Bertz CT molecular complexity index is 1400. The molecule has 41 heavy (non-hydrogen) atoms. The van der Waals surface area contributed by atoms with Gasteiger partial charge in [-0.05, 0) is 67.8 Å². The minimum atomic E-state index is -3.84. The quantitative estimate of drug-likeness (QED) is 0.303. The molecule has 0 bridgehead atoms. The van der Waals surface area contributed by atoms with Crippen LogP contribution in [0.1, 0.15) is 38.3 Å². The number of anilines is 1. The van der Waals surface area contributed by atoms with Crippen molar-refractivity contribution >= 4 is 27.5 Å². The number of hydrogen-bond donors (Lipinski definition) is 1. The summed E-state index contributed by atoms with van der Waals surface area (Å²) in [6, 6.07) is 22.5. The van der Waals surface area contributed by atoms with E-state index in [0.29, 0.717) is 23.8 Å². The van der Waals surface area contributed by atoms with E-state index in [1.165, 1.54) is 4.90 Å². The molecule has 10 heteroatoms. The number of benzene rings is 3. The monoisotopic (exact) mass is 581 g/mol. The highest BCUT2D eigenvalue weighted by atomic mass is 32.2. The summed E-state index contributed by atoms with van der Waals surface area (Å²) in [6.07, 6.45) is 1.78. The van der Waals surface area contributed by atoms with Gasteiger partial charge in [-0.25, -0.2) is 8.42 Å². The maximum atomic E-state index is 13.7. The van der Waals surface area contributed by atoms with Crippen LogP contribution in [0.3, 0.4) is 0 Å². The van der Waals surface area contributed by atoms with Gasteiger partial charge in [0.1, 0.15) is 30.7 Å². The second-order valence-electron chi connectivity index (χ2n) is 9.90. The fourth-order valence-electron chi connectivity index (χ4n) is 4.08. The number of nitrogens with one attached hydrogen (secondary N) is 1. The molecule has 0 saturated carbocycles. The van der Waals surface area contributed by atoms with Crippen LogP contribution in [-0.4, -0.2) is 57.1 Å². The number of ether oxygens (including phenoxy) is 2. The van der Waals surface area contributed by atoms with E-state index in [9.17, 15) is 18.0 Å². The average molecular weight is 582 g/mol. The number of amides is 2. The van der Waals surface area contributed by atoms with E-state index in [1.807, 2.05) is 50.2 Å². The lowest BCUT2D eigenvalue weighted by atomic mass is 10.1. The Morgan fingerprint density at radius 3 is 2.17 bits per heavy atom. The molecule has 220 valence electrons. The zero-order chi connectivity index (χ0) is 30.0. The summed E-state index contributed by atoms with van der Waals surface area (Å²) in [5.41, 5.74) is 2.06. The normalized spacial score (nSPS) is 12.6. The van der Waals surface area contributed by atoms with E-state index in [0.717, 1.165) is 28.1 Å². The van der Waals surface area contributed by atoms with Crippen molar-refractivity contribution in [2.24, 2.45) is 0 Å². The zero-order valence-corrected chi connectivity index (χ0v) is 25.1. The molecule has 0 unspecified atom stereocenters. The van der Waals surface area contributed by atoms with Crippen molar-refractivity contribution in [3.63, 3.8) is 0 Å². The van der Waals surface area contributed by atoms with E-state index < -0.39 is 28.5 Å². The largest absolute Gasteiger partial charge is 0.497 e. The van der Waals surface area contributed by atoms with Gasteiger partial charge in [0, 0.05) is 12.6 Å². The SMILES string of the molecule is CC[C@@H](C)NC(=O)[C@@H](C)N(Cc1cccc(OC)c1)C(=O)CN(c1ccc(OCc2ccccc2)cc1)S(C)(=O)=O. The Kier molecular flexibility index (Phi) is 11.2. The van der Waals surface area contributed by atoms with Crippen LogP contribution in [0.4, 0.5) is 5.69 Å². The van der Waals surface area contributed by atoms with Crippen LogP contribution in [0.15, 0.2) is 78.9 Å². The van der Waals surface area contributed by atoms with E-state index in [1.54, 1.807) is 56.5 Å². The Balaban J connectivity index is 1.83. The first-order valence-corrected chi connectivity index (χ1v) is 15.3. The maximum absolute atomic E-state index is 13.7. The average Bonchev–Trinajstić information content (AvgIpc) is 2.97. The number of nitrogens with zero attached hydrogens (tertiary/aromatic N) is 2. The van der Waals surface area contributed by atoms with Crippen molar-refractivity contribution in [2.45, 2.75) is 52.4 Å². The lowest BCUT2D eigenvalue weighted by Crippen LogP contribution is -2.52. The molecule has 3 rings (SSSR count). The second-order valence-corrected chi connectivity index (χ2v) is 11.8. The molecule has 3 aromatic rings. The van der Waals surface area contributed by atoms with E-state index >= 15 is 0 Å². The third-order valence-electron chi connectivity index (χ3n) is 6.71. The molecular formula is C31H39N3O6S. The molecule has 0 radical (unpaired) electrons. The Labute approximate surface area is 243 Å². The smallest absolute Gasteiger partial charge is 0.244 e. The molecule has 9 nitrogen and oxygen atoms in total. The second kappa shape index (κ2) is 14.5. The van der Waals surface area contributed by atoms with Crippen molar-refractivity contribution in [3.05, 3.63) is 90.0 Å². The molecular weight excluding hydrogens is 542 g/mol. The van der Waals surface area contributed by atoms with Crippen LogP contribution in [0.2, 0.25) is 0 Å². The molecule has 2 amide bonds. The summed E-state index contributed by atoms with van der Waals surface area (Å²) in [5, 5.41) is 2.91. The summed E-state index contributed by atoms with van der Waals surface area (Å²) in [5.74, 6) is 0.335. The summed E-state index contributed by atoms with van der Waals surface area (Å²) in [4.78, 5) is 28.2.